The first-order valence-corrected chi connectivity index (χ1v) is 10.5. The van der Waals surface area contributed by atoms with E-state index in [0.717, 1.165) is 38.7 Å². The molecular formula is C26H24ClN3O. The molecule has 1 aromatic heterocycles. The number of carbonyl (C=O) groups is 1. The van der Waals surface area contributed by atoms with Gasteiger partial charge in [-0.1, -0.05) is 41.9 Å². The molecule has 3 aromatic carbocycles. The van der Waals surface area contributed by atoms with Gasteiger partial charge in [-0.3, -0.25) is 4.79 Å². The molecular weight excluding hydrogens is 406 g/mol. The fourth-order valence-corrected chi connectivity index (χ4v) is 3.77. The molecule has 4 aromatic rings. The number of anilines is 1. The van der Waals surface area contributed by atoms with Gasteiger partial charge in [0, 0.05) is 24.2 Å². The van der Waals surface area contributed by atoms with Crippen molar-refractivity contribution in [3.8, 4) is 0 Å². The number of rotatable bonds is 5. The lowest BCUT2D eigenvalue weighted by Crippen LogP contribution is -2.05. The van der Waals surface area contributed by atoms with Crippen molar-refractivity contribution in [2.75, 3.05) is 5.32 Å². The molecule has 1 heterocycles. The zero-order valence-corrected chi connectivity index (χ0v) is 18.6. The Morgan fingerprint density at radius 1 is 1.03 bits per heavy atom. The molecule has 0 aliphatic rings. The van der Waals surface area contributed by atoms with Gasteiger partial charge in [-0.2, -0.15) is 0 Å². The van der Waals surface area contributed by atoms with Crippen molar-refractivity contribution in [2.24, 2.45) is 0 Å². The number of aromatic nitrogens is 2. The Balaban J connectivity index is 1.72. The summed E-state index contributed by atoms with van der Waals surface area (Å²) in [6.07, 6.45) is 4.07. The van der Waals surface area contributed by atoms with Crippen LogP contribution in [0.2, 0.25) is 5.02 Å². The Labute approximate surface area is 187 Å². The number of benzene rings is 3. The fourth-order valence-electron chi connectivity index (χ4n) is 3.56. The van der Waals surface area contributed by atoms with Crippen molar-refractivity contribution in [1.29, 1.82) is 0 Å². The second kappa shape index (κ2) is 8.78. The Kier molecular flexibility index (Phi) is 5.92. The third kappa shape index (κ3) is 4.86. The van der Waals surface area contributed by atoms with Crippen molar-refractivity contribution in [1.82, 2.24) is 9.55 Å². The average Bonchev–Trinajstić information content (AvgIpc) is 3.04. The smallest absolute Gasteiger partial charge is 0.221 e. The van der Waals surface area contributed by atoms with Crippen LogP contribution in [0, 0.1) is 13.8 Å². The van der Waals surface area contributed by atoms with E-state index in [1.807, 2.05) is 54.6 Å². The van der Waals surface area contributed by atoms with E-state index in [2.05, 4.69) is 41.9 Å². The monoisotopic (exact) mass is 429 g/mol. The quantitative estimate of drug-likeness (QED) is 0.394. The second-order valence-corrected chi connectivity index (χ2v) is 8.18. The highest BCUT2D eigenvalue weighted by Gasteiger charge is 2.11. The molecule has 0 fully saturated rings. The van der Waals surface area contributed by atoms with Crippen LogP contribution in [0.25, 0.3) is 23.2 Å². The number of hydrogen-bond acceptors (Lipinski definition) is 2. The summed E-state index contributed by atoms with van der Waals surface area (Å²) in [5.74, 6) is 0.800. The molecule has 0 saturated carbocycles. The summed E-state index contributed by atoms with van der Waals surface area (Å²) in [5, 5.41) is 3.51. The van der Waals surface area contributed by atoms with Gasteiger partial charge >= 0.3 is 0 Å². The molecule has 0 atom stereocenters. The summed E-state index contributed by atoms with van der Waals surface area (Å²) < 4.78 is 2.22. The van der Waals surface area contributed by atoms with E-state index >= 15 is 0 Å². The minimum Gasteiger partial charge on any atom is -0.326 e. The van der Waals surface area contributed by atoms with Gasteiger partial charge < -0.3 is 9.88 Å². The average molecular weight is 430 g/mol. The summed E-state index contributed by atoms with van der Waals surface area (Å²) in [7, 11) is 0. The summed E-state index contributed by atoms with van der Waals surface area (Å²) in [6.45, 7) is 6.41. The zero-order chi connectivity index (χ0) is 22.0. The maximum absolute atomic E-state index is 11.2. The number of imidazole rings is 1. The predicted molar refractivity (Wildman–Crippen MR) is 129 cm³/mol. The van der Waals surface area contributed by atoms with Crippen LogP contribution in [0.1, 0.15) is 35.0 Å². The summed E-state index contributed by atoms with van der Waals surface area (Å²) >= 11 is 6.21. The van der Waals surface area contributed by atoms with Gasteiger partial charge in [0.25, 0.3) is 0 Å². The molecule has 0 bridgehead atoms. The third-order valence-corrected chi connectivity index (χ3v) is 5.51. The van der Waals surface area contributed by atoms with Gasteiger partial charge in [0.05, 0.1) is 11.0 Å². The molecule has 5 heteroatoms. The van der Waals surface area contributed by atoms with Crippen LogP contribution < -0.4 is 5.32 Å². The van der Waals surface area contributed by atoms with E-state index in [0.29, 0.717) is 6.54 Å². The first kappa shape index (κ1) is 20.9. The molecule has 0 unspecified atom stereocenters. The highest BCUT2D eigenvalue weighted by atomic mass is 35.5. The molecule has 156 valence electrons. The summed E-state index contributed by atoms with van der Waals surface area (Å²) in [5.41, 5.74) is 7.48. The van der Waals surface area contributed by atoms with Crippen molar-refractivity contribution in [3.05, 3.63) is 93.8 Å². The zero-order valence-electron chi connectivity index (χ0n) is 17.8. The number of amides is 1. The number of aryl methyl sites for hydroxylation is 2. The molecule has 1 N–H and O–H groups in total. The van der Waals surface area contributed by atoms with E-state index in [1.165, 1.54) is 18.1 Å². The van der Waals surface area contributed by atoms with E-state index in [-0.39, 0.29) is 5.91 Å². The van der Waals surface area contributed by atoms with E-state index in [4.69, 9.17) is 16.6 Å². The standard InChI is InChI=1S/C26H24ClN3O/c1-17-13-24-25(14-18(17)2)30(16-21-5-4-6-22(27)15-21)26(29-24)12-9-20-7-10-23(11-8-20)28-19(3)31/h4-15H,16H2,1-3H3,(H,28,31). The number of fused-ring (bicyclic) bond motifs is 1. The Bertz CT molecular complexity index is 1290. The molecule has 0 aliphatic carbocycles. The topological polar surface area (TPSA) is 46.9 Å². The largest absolute Gasteiger partial charge is 0.326 e. The van der Waals surface area contributed by atoms with E-state index < -0.39 is 0 Å². The molecule has 4 rings (SSSR count). The summed E-state index contributed by atoms with van der Waals surface area (Å²) in [6, 6.07) is 20.0. The molecule has 0 aliphatic heterocycles. The molecule has 0 radical (unpaired) electrons. The van der Waals surface area contributed by atoms with Crippen LogP contribution in [0.15, 0.2) is 60.7 Å². The lowest BCUT2D eigenvalue weighted by atomic mass is 10.1. The first-order chi connectivity index (χ1) is 14.9. The number of halogens is 1. The molecule has 0 spiro atoms. The van der Waals surface area contributed by atoms with Crippen molar-refractivity contribution < 1.29 is 4.79 Å². The van der Waals surface area contributed by atoms with Gasteiger partial charge in [0.1, 0.15) is 5.82 Å². The van der Waals surface area contributed by atoms with Gasteiger partial charge in [0.2, 0.25) is 5.91 Å². The number of nitrogens with zero attached hydrogens (tertiary/aromatic N) is 2. The van der Waals surface area contributed by atoms with Gasteiger partial charge in [-0.05, 0) is 78.6 Å². The van der Waals surface area contributed by atoms with Crippen LogP contribution in [0.3, 0.4) is 0 Å². The lowest BCUT2D eigenvalue weighted by Gasteiger charge is -2.09. The molecule has 1 amide bonds. The fraction of sp³-hybridized carbons (Fsp3) is 0.154. The van der Waals surface area contributed by atoms with Crippen molar-refractivity contribution >= 4 is 46.4 Å². The predicted octanol–water partition coefficient (Wildman–Crippen LogP) is 6.48. The highest BCUT2D eigenvalue weighted by Crippen LogP contribution is 2.24. The maximum Gasteiger partial charge on any atom is 0.221 e. The first-order valence-electron chi connectivity index (χ1n) is 10.2. The molecule has 0 saturated heterocycles. The normalized spacial score (nSPS) is 11.4. The minimum absolute atomic E-state index is 0.0800. The Hall–Kier alpha value is -3.37. The van der Waals surface area contributed by atoms with Crippen molar-refractivity contribution in [3.63, 3.8) is 0 Å². The molecule has 31 heavy (non-hydrogen) atoms. The van der Waals surface area contributed by atoms with Crippen LogP contribution >= 0.6 is 11.6 Å². The van der Waals surface area contributed by atoms with Crippen LogP contribution in [0.4, 0.5) is 5.69 Å². The van der Waals surface area contributed by atoms with E-state index in [9.17, 15) is 4.79 Å². The van der Waals surface area contributed by atoms with Crippen LogP contribution in [-0.2, 0) is 11.3 Å². The van der Waals surface area contributed by atoms with Crippen LogP contribution in [-0.4, -0.2) is 15.5 Å². The second-order valence-electron chi connectivity index (χ2n) is 7.75. The van der Waals surface area contributed by atoms with Gasteiger partial charge in [0.15, 0.2) is 0 Å². The van der Waals surface area contributed by atoms with E-state index in [1.54, 1.807) is 0 Å². The number of carbonyl (C=O) groups excluding carboxylic acids is 1. The van der Waals surface area contributed by atoms with Gasteiger partial charge in [-0.15, -0.1) is 0 Å². The lowest BCUT2D eigenvalue weighted by molar-refractivity contribution is -0.114. The summed E-state index contributed by atoms with van der Waals surface area (Å²) in [4.78, 5) is 16.1. The van der Waals surface area contributed by atoms with Crippen molar-refractivity contribution in [2.45, 2.75) is 27.3 Å². The molecule has 4 nitrogen and oxygen atoms in total. The van der Waals surface area contributed by atoms with Crippen LogP contribution in [0.5, 0.6) is 0 Å². The highest BCUT2D eigenvalue weighted by molar-refractivity contribution is 6.30. The SMILES string of the molecule is CC(=O)Nc1ccc(C=Cc2nc3cc(C)c(C)cc3n2Cc2cccc(Cl)c2)cc1. The Morgan fingerprint density at radius 3 is 2.48 bits per heavy atom. The third-order valence-electron chi connectivity index (χ3n) is 5.28. The van der Waals surface area contributed by atoms with Gasteiger partial charge in [-0.25, -0.2) is 4.98 Å². The Morgan fingerprint density at radius 2 is 1.77 bits per heavy atom. The maximum atomic E-state index is 11.2. The number of nitrogens with one attached hydrogen (secondary N) is 1. The number of hydrogen-bond donors (Lipinski definition) is 1. The minimum atomic E-state index is -0.0800.